The minimum atomic E-state index is -0.855. The van der Waals surface area contributed by atoms with Gasteiger partial charge in [-0.2, -0.15) is 0 Å². The minimum absolute atomic E-state index is 0.111. The maximum atomic E-state index is 11.8. The fourth-order valence-corrected chi connectivity index (χ4v) is 1.44. The molecule has 0 atom stereocenters. The van der Waals surface area contributed by atoms with Gasteiger partial charge < -0.3 is 15.7 Å². The number of phenolic OH excluding ortho intramolecular Hbond substituents is 1. The second kappa shape index (κ2) is 4.53. The average molecular weight is 222 g/mol. The fraction of sp³-hybridized carbons (Fsp3) is 0.417. The first kappa shape index (κ1) is 12.5. The van der Waals surface area contributed by atoms with Crippen molar-refractivity contribution in [2.75, 3.05) is 7.05 Å². The Morgan fingerprint density at radius 1 is 1.38 bits per heavy atom. The quantitative estimate of drug-likeness (QED) is 0.804. The van der Waals surface area contributed by atoms with Gasteiger partial charge in [-0.25, -0.2) is 0 Å². The highest BCUT2D eigenvalue weighted by atomic mass is 16.3. The van der Waals surface area contributed by atoms with Crippen LogP contribution in [0.1, 0.15) is 19.4 Å². The number of phenols is 1. The third-order valence-corrected chi connectivity index (χ3v) is 2.25. The van der Waals surface area contributed by atoms with E-state index in [0.717, 1.165) is 5.56 Å². The van der Waals surface area contributed by atoms with Crippen molar-refractivity contribution in [1.29, 1.82) is 0 Å². The topological polar surface area (TPSA) is 66.6 Å². The van der Waals surface area contributed by atoms with Crippen molar-refractivity contribution in [2.45, 2.75) is 25.9 Å². The van der Waals surface area contributed by atoms with Crippen LogP contribution in [0.2, 0.25) is 0 Å². The average Bonchev–Trinajstić information content (AvgIpc) is 2.19. The van der Waals surface area contributed by atoms with Gasteiger partial charge in [0.05, 0.1) is 5.54 Å². The smallest absolute Gasteiger partial charge is 0.242 e. The lowest BCUT2D eigenvalue weighted by molar-refractivity contribution is -0.134. The normalized spacial score (nSPS) is 11.2. The number of hydrogen-bond acceptors (Lipinski definition) is 3. The van der Waals surface area contributed by atoms with Crippen LogP contribution in [-0.2, 0) is 11.3 Å². The molecule has 3 N–H and O–H groups in total. The number of likely N-dealkylation sites (N-methyl/N-ethyl adjacent to an activating group) is 1. The highest BCUT2D eigenvalue weighted by molar-refractivity contribution is 5.84. The molecular formula is C12H18N2O2. The molecule has 16 heavy (non-hydrogen) atoms. The van der Waals surface area contributed by atoms with Crippen LogP contribution in [0.25, 0.3) is 0 Å². The second-order valence-electron chi connectivity index (χ2n) is 4.55. The maximum Gasteiger partial charge on any atom is 0.242 e. The second-order valence-corrected chi connectivity index (χ2v) is 4.55. The zero-order valence-electron chi connectivity index (χ0n) is 9.90. The molecule has 0 aliphatic rings. The summed E-state index contributed by atoms with van der Waals surface area (Å²) in [7, 11) is 1.71. The third kappa shape index (κ3) is 3.24. The van der Waals surface area contributed by atoms with Crippen LogP contribution in [-0.4, -0.2) is 28.5 Å². The SMILES string of the molecule is CN(Cc1ccc(O)cc1)C(=O)C(C)(C)N. The van der Waals surface area contributed by atoms with Crippen LogP contribution < -0.4 is 5.73 Å². The molecule has 0 heterocycles. The van der Waals surface area contributed by atoms with Gasteiger partial charge in [-0.05, 0) is 31.5 Å². The van der Waals surface area contributed by atoms with E-state index in [1.165, 1.54) is 0 Å². The Labute approximate surface area is 95.7 Å². The van der Waals surface area contributed by atoms with Gasteiger partial charge in [-0.3, -0.25) is 4.79 Å². The number of aromatic hydroxyl groups is 1. The molecule has 0 aromatic heterocycles. The van der Waals surface area contributed by atoms with E-state index in [0.29, 0.717) is 6.54 Å². The van der Waals surface area contributed by atoms with E-state index in [9.17, 15) is 4.79 Å². The van der Waals surface area contributed by atoms with Gasteiger partial charge >= 0.3 is 0 Å². The molecule has 0 aliphatic carbocycles. The van der Waals surface area contributed by atoms with Gasteiger partial charge in [0.1, 0.15) is 5.75 Å². The van der Waals surface area contributed by atoms with Gasteiger partial charge in [0, 0.05) is 13.6 Å². The standard InChI is InChI=1S/C12H18N2O2/c1-12(2,13)11(16)14(3)8-9-4-6-10(15)7-5-9/h4-7,15H,8,13H2,1-3H3. The number of amides is 1. The van der Waals surface area contributed by atoms with Crippen molar-refractivity contribution in [3.8, 4) is 5.75 Å². The largest absolute Gasteiger partial charge is 0.508 e. The molecule has 0 saturated heterocycles. The van der Waals surface area contributed by atoms with Crippen molar-refractivity contribution >= 4 is 5.91 Å². The lowest BCUT2D eigenvalue weighted by atomic mass is 10.1. The van der Waals surface area contributed by atoms with Crippen LogP contribution >= 0.6 is 0 Å². The number of rotatable bonds is 3. The first-order valence-corrected chi connectivity index (χ1v) is 5.13. The molecule has 1 rings (SSSR count). The number of hydrogen-bond donors (Lipinski definition) is 2. The molecule has 0 unspecified atom stereocenters. The summed E-state index contributed by atoms with van der Waals surface area (Å²) in [5.74, 6) is 0.109. The molecule has 0 aliphatic heterocycles. The maximum absolute atomic E-state index is 11.8. The predicted octanol–water partition coefficient (Wildman–Crippen LogP) is 1.09. The summed E-state index contributed by atoms with van der Waals surface area (Å²) in [6, 6.07) is 6.76. The first-order chi connectivity index (χ1) is 7.30. The summed E-state index contributed by atoms with van der Waals surface area (Å²) in [4.78, 5) is 13.4. The van der Waals surface area contributed by atoms with E-state index in [1.54, 1.807) is 50.1 Å². The fourth-order valence-electron chi connectivity index (χ4n) is 1.44. The van der Waals surface area contributed by atoms with E-state index >= 15 is 0 Å². The molecule has 1 amide bonds. The number of nitrogens with two attached hydrogens (primary N) is 1. The van der Waals surface area contributed by atoms with E-state index in [2.05, 4.69) is 0 Å². The van der Waals surface area contributed by atoms with E-state index in [4.69, 9.17) is 10.8 Å². The Morgan fingerprint density at radius 3 is 2.31 bits per heavy atom. The van der Waals surface area contributed by atoms with Crippen LogP contribution in [0.3, 0.4) is 0 Å². The lowest BCUT2D eigenvalue weighted by Crippen LogP contribution is -2.49. The lowest BCUT2D eigenvalue weighted by Gasteiger charge is -2.25. The summed E-state index contributed by atoms with van der Waals surface area (Å²) >= 11 is 0. The molecule has 0 bridgehead atoms. The molecular weight excluding hydrogens is 204 g/mol. The van der Waals surface area contributed by atoms with E-state index in [1.807, 2.05) is 0 Å². The third-order valence-electron chi connectivity index (χ3n) is 2.25. The first-order valence-electron chi connectivity index (χ1n) is 5.13. The summed E-state index contributed by atoms with van der Waals surface area (Å²) < 4.78 is 0. The van der Waals surface area contributed by atoms with Crippen molar-refractivity contribution < 1.29 is 9.90 Å². The van der Waals surface area contributed by atoms with Crippen LogP contribution in [0.5, 0.6) is 5.75 Å². The molecule has 1 aromatic carbocycles. The molecule has 0 spiro atoms. The summed E-state index contributed by atoms with van der Waals surface area (Å²) in [6.07, 6.45) is 0. The highest BCUT2D eigenvalue weighted by Crippen LogP contribution is 2.12. The van der Waals surface area contributed by atoms with Crippen molar-refractivity contribution in [2.24, 2.45) is 5.73 Å². The number of nitrogens with zero attached hydrogens (tertiary/aromatic N) is 1. The van der Waals surface area contributed by atoms with Gasteiger partial charge in [-0.1, -0.05) is 12.1 Å². The minimum Gasteiger partial charge on any atom is -0.508 e. The molecule has 0 fully saturated rings. The molecule has 4 nitrogen and oxygen atoms in total. The van der Waals surface area contributed by atoms with Crippen LogP contribution in [0.4, 0.5) is 0 Å². The molecule has 88 valence electrons. The van der Waals surface area contributed by atoms with E-state index < -0.39 is 5.54 Å². The molecule has 0 radical (unpaired) electrons. The van der Waals surface area contributed by atoms with Crippen LogP contribution in [0.15, 0.2) is 24.3 Å². The van der Waals surface area contributed by atoms with Crippen molar-refractivity contribution in [1.82, 2.24) is 4.90 Å². The van der Waals surface area contributed by atoms with Gasteiger partial charge in [0.25, 0.3) is 0 Å². The summed E-state index contributed by atoms with van der Waals surface area (Å²) in [5, 5.41) is 9.13. The Balaban J connectivity index is 2.68. The summed E-state index contributed by atoms with van der Waals surface area (Å²) in [5.41, 5.74) is 5.83. The zero-order valence-corrected chi connectivity index (χ0v) is 9.90. The summed E-state index contributed by atoms with van der Waals surface area (Å²) in [6.45, 7) is 3.85. The monoisotopic (exact) mass is 222 g/mol. The predicted molar refractivity (Wildman–Crippen MR) is 62.8 cm³/mol. The Kier molecular flexibility index (Phi) is 3.55. The van der Waals surface area contributed by atoms with Gasteiger partial charge in [0.2, 0.25) is 5.91 Å². The van der Waals surface area contributed by atoms with Crippen LogP contribution in [0, 0.1) is 0 Å². The van der Waals surface area contributed by atoms with Gasteiger partial charge in [0.15, 0.2) is 0 Å². The Bertz CT molecular complexity index is 366. The highest BCUT2D eigenvalue weighted by Gasteiger charge is 2.25. The van der Waals surface area contributed by atoms with E-state index in [-0.39, 0.29) is 11.7 Å². The van der Waals surface area contributed by atoms with Gasteiger partial charge in [-0.15, -0.1) is 0 Å². The molecule has 4 heteroatoms. The molecule has 0 saturated carbocycles. The van der Waals surface area contributed by atoms with Crippen molar-refractivity contribution in [3.63, 3.8) is 0 Å². The van der Waals surface area contributed by atoms with Crippen molar-refractivity contribution in [3.05, 3.63) is 29.8 Å². The number of carbonyl (C=O) groups is 1. The Morgan fingerprint density at radius 2 is 1.88 bits per heavy atom. The number of carbonyl (C=O) groups excluding carboxylic acids is 1. The number of benzene rings is 1. The zero-order chi connectivity index (χ0) is 12.3. The molecule has 1 aromatic rings. The Hall–Kier alpha value is -1.55.